The molecular formula is C21H29N5O5. The van der Waals surface area contributed by atoms with Gasteiger partial charge in [0.15, 0.2) is 23.9 Å². The summed E-state index contributed by atoms with van der Waals surface area (Å²) in [6, 6.07) is 5.34. The number of hydrogen-bond acceptors (Lipinski definition) is 7. The molecule has 1 saturated carbocycles. The van der Waals surface area contributed by atoms with Crippen molar-refractivity contribution < 1.29 is 23.9 Å². The van der Waals surface area contributed by atoms with E-state index in [9.17, 15) is 9.59 Å². The molecule has 0 unspecified atom stereocenters. The molecular weight excluding hydrogens is 402 g/mol. The molecule has 5 N–H and O–H groups in total. The predicted octanol–water partition coefficient (Wildman–Crippen LogP) is 0.606. The minimum Gasteiger partial charge on any atom is -0.493 e. The highest BCUT2D eigenvalue weighted by atomic mass is 16.6. The van der Waals surface area contributed by atoms with Crippen molar-refractivity contribution in [1.29, 1.82) is 0 Å². The number of nitrogens with two attached hydrogens (primary N) is 2. The first-order valence-electron chi connectivity index (χ1n) is 10.1. The second-order valence-corrected chi connectivity index (χ2v) is 7.61. The number of carbonyl (C=O) groups is 2. The number of ether oxygens (including phenoxy) is 2. The van der Waals surface area contributed by atoms with Gasteiger partial charge in [0.25, 0.3) is 11.8 Å². The average molecular weight is 431 g/mol. The average Bonchev–Trinajstić information content (AvgIpc) is 3.33. The Morgan fingerprint density at radius 3 is 2.55 bits per heavy atom. The fourth-order valence-corrected chi connectivity index (χ4v) is 4.15. The molecule has 0 saturated heterocycles. The minimum atomic E-state index is -0.483. The van der Waals surface area contributed by atoms with Crippen molar-refractivity contribution in [2.75, 3.05) is 27.9 Å². The molecule has 0 bridgehead atoms. The van der Waals surface area contributed by atoms with Gasteiger partial charge in [-0.05, 0) is 30.5 Å². The van der Waals surface area contributed by atoms with Gasteiger partial charge < -0.3 is 36.0 Å². The van der Waals surface area contributed by atoms with Gasteiger partial charge in [-0.3, -0.25) is 9.59 Å². The number of nitrogens with one attached hydrogen (secondary N) is 1. The van der Waals surface area contributed by atoms with Gasteiger partial charge in [0, 0.05) is 13.6 Å². The van der Waals surface area contributed by atoms with Crippen LogP contribution < -0.4 is 26.3 Å². The Hall–Kier alpha value is -3.43. The summed E-state index contributed by atoms with van der Waals surface area (Å²) in [5.74, 6) is 0.383. The van der Waals surface area contributed by atoms with Crippen LogP contribution in [0.15, 0.2) is 34.6 Å². The zero-order valence-electron chi connectivity index (χ0n) is 18.1. The third-order valence-corrected chi connectivity index (χ3v) is 5.91. The summed E-state index contributed by atoms with van der Waals surface area (Å²) in [6.45, 7) is -0.0814. The molecule has 2 aliphatic rings. The molecule has 2 amide bonds. The second kappa shape index (κ2) is 9.15. The number of benzene rings is 1. The molecule has 1 aliphatic heterocycles. The molecule has 1 heterocycles. The molecule has 10 nitrogen and oxygen atoms in total. The lowest BCUT2D eigenvalue weighted by atomic mass is 9.93. The van der Waals surface area contributed by atoms with E-state index in [1.54, 1.807) is 38.3 Å². The summed E-state index contributed by atoms with van der Waals surface area (Å²) in [6.07, 6.45) is 3.60. The van der Waals surface area contributed by atoms with E-state index in [0.717, 1.165) is 31.2 Å². The molecule has 1 aliphatic carbocycles. The van der Waals surface area contributed by atoms with E-state index < -0.39 is 11.4 Å². The maximum atomic E-state index is 12.6. The van der Waals surface area contributed by atoms with Gasteiger partial charge in [-0.25, -0.2) is 0 Å². The third-order valence-electron chi connectivity index (χ3n) is 5.91. The quantitative estimate of drug-likeness (QED) is 0.311. The lowest BCUT2D eigenvalue weighted by Crippen LogP contribution is -2.45. The second-order valence-electron chi connectivity index (χ2n) is 7.61. The van der Waals surface area contributed by atoms with Gasteiger partial charge in [0.2, 0.25) is 0 Å². The lowest BCUT2D eigenvalue weighted by molar-refractivity contribution is -0.127. The highest BCUT2D eigenvalue weighted by Gasteiger charge is 2.51. The fraction of sp³-hybridized carbons (Fsp3) is 0.476. The number of oxime groups is 1. The first kappa shape index (κ1) is 22.3. The van der Waals surface area contributed by atoms with Gasteiger partial charge in [-0.1, -0.05) is 24.1 Å². The van der Waals surface area contributed by atoms with Crippen LogP contribution >= 0.6 is 0 Å². The Balaban J connectivity index is 1.56. The number of carbonyl (C=O) groups excluding carboxylic acids is 2. The summed E-state index contributed by atoms with van der Waals surface area (Å²) in [4.78, 5) is 31.4. The van der Waals surface area contributed by atoms with Crippen LogP contribution in [0.2, 0.25) is 0 Å². The smallest absolute Gasteiger partial charge is 0.261 e. The zero-order valence-corrected chi connectivity index (χ0v) is 18.1. The third kappa shape index (κ3) is 4.23. The van der Waals surface area contributed by atoms with E-state index >= 15 is 0 Å². The Kier molecular flexibility index (Phi) is 6.57. The number of likely N-dealkylation sites (N-methyl/N-ethyl adjacent to an activating group) is 1. The SMILES string of the molecule is COc1ccc(CNC(=O)CO/N=C(/N)C2=C(N)C3(CCCC3)N(C)C2=O)cc1OC. The van der Waals surface area contributed by atoms with Crippen LogP contribution in [0.25, 0.3) is 0 Å². The fourth-order valence-electron chi connectivity index (χ4n) is 4.15. The Bertz CT molecular complexity index is 921. The summed E-state index contributed by atoms with van der Waals surface area (Å²) < 4.78 is 10.4. The first-order valence-corrected chi connectivity index (χ1v) is 10.1. The topological polar surface area (TPSA) is 141 Å². The van der Waals surface area contributed by atoms with E-state index in [0.29, 0.717) is 17.2 Å². The summed E-state index contributed by atoms with van der Waals surface area (Å²) in [5, 5.41) is 6.47. The van der Waals surface area contributed by atoms with Crippen molar-refractivity contribution in [2.45, 2.75) is 37.8 Å². The number of rotatable bonds is 8. The van der Waals surface area contributed by atoms with Crippen LogP contribution in [0.5, 0.6) is 11.5 Å². The minimum absolute atomic E-state index is 0.120. The number of hydrogen-bond donors (Lipinski definition) is 3. The molecule has 0 radical (unpaired) electrons. The normalized spacial score (nSPS) is 18.0. The number of methoxy groups -OCH3 is 2. The highest BCUT2D eigenvalue weighted by molar-refractivity contribution is 6.22. The Morgan fingerprint density at radius 2 is 1.90 bits per heavy atom. The summed E-state index contributed by atoms with van der Waals surface area (Å²) in [7, 11) is 4.82. The summed E-state index contributed by atoms with van der Waals surface area (Å²) >= 11 is 0. The molecule has 31 heavy (non-hydrogen) atoms. The highest BCUT2D eigenvalue weighted by Crippen LogP contribution is 2.44. The number of amidine groups is 1. The van der Waals surface area contributed by atoms with Crippen LogP contribution in [-0.2, 0) is 21.0 Å². The number of amides is 2. The molecule has 0 aromatic heterocycles. The van der Waals surface area contributed by atoms with Crippen molar-refractivity contribution >= 4 is 17.6 Å². The molecule has 1 spiro atoms. The molecule has 1 fully saturated rings. The molecule has 0 atom stereocenters. The van der Waals surface area contributed by atoms with Crippen molar-refractivity contribution in [2.24, 2.45) is 16.6 Å². The van der Waals surface area contributed by atoms with Crippen LogP contribution in [-0.4, -0.2) is 56.0 Å². The van der Waals surface area contributed by atoms with Crippen molar-refractivity contribution in [3.8, 4) is 11.5 Å². The van der Waals surface area contributed by atoms with Gasteiger partial charge in [-0.15, -0.1) is 0 Å². The molecule has 1 aromatic rings. The lowest BCUT2D eigenvalue weighted by Gasteiger charge is -2.33. The molecule has 10 heteroatoms. The predicted molar refractivity (Wildman–Crippen MR) is 114 cm³/mol. The van der Waals surface area contributed by atoms with E-state index in [-0.39, 0.29) is 30.5 Å². The van der Waals surface area contributed by atoms with E-state index in [1.165, 1.54) is 0 Å². The van der Waals surface area contributed by atoms with Crippen LogP contribution in [0.4, 0.5) is 0 Å². The van der Waals surface area contributed by atoms with E-state index in [1.807, 2.05) is 6.07 Å². The van der Waals surface area contributed by atoms with Gasteiger partial charge in [0.05, 0.1) is 25.5 Å². The van der Waals surface area contributed by atoms with Gasteiger partial charge in [-0.2, -0.15) is 0 Å². The maximum absolute atomic E-state index is 12.6. The van der Waals surface area contributed by atoms with Crippen LogP contribution in [0, 0.1) is 0 Å². The molecule has 3 rings (SSSR count). The molecule has 1 aromatic carbocycles. The number of nitrogens with zero attached hydrogens (tertiary/aromatic N) is 2. The molecule has 168 valence electrons. The largest absolute Gasteiger partial charge is 0.493 e. The van der Waals surface area contributed by atoms with Crippen LogP contribution in [0.3, 0.4) is 0 Å². The Morgan fingerprint density at radius 1 is 1.23 bits per heavy atom. The van der Waals surface area contributed by atoms with E-state index in [2.05, 4.69) is 10.5 Å². The first-order chi connectivity index (χ1) is 14.8. The van der Waals surface area contributed by atoms with Crippen molar-refractivity contribution in [3.63, 3.8) is 0 Å². The van der Waals surface area contributed by atoms with E-state index in [4.69, 9.17) is 25.8 Å². The summed E-state index contributed by atoms with van der Waals surface area (Å²) in [5.41, 5.74) is 13.2. The van der Waals surface area contributed by atoms with Crippen molar-refractivity contribution in [3.05, 3.63) is 35.0 Å². The van der Waals surface area contributed by atoms with Crippen molar-refractivity contribution in [1.82, 2.24) is 10.2 Å². The zero-order chi connectivity index (χ0) is 22.6. The Labute approximate surface area is 181 Å². The van der Waals surface area contributed by atoms with Crippen LogP contribution in [0.1, 0.15) is 31.2 Å². The van der Waals surface area contributed by atoms with Gasteiger partial charge >= 0.3 is 0 Å². The standard InChI is InChI=1S/C21H29N5O5/c1-26-20(28)17(18(22)21(26)8-4-5-9-21)19(23)25-31-12-16(27)24-11-13-6-7-14(29-2)15(10-13)30-3/h6-7,10H,4-5,8-9,11-12,22H2,1-3H3,(H2,23,25)(H,24,27). The maximum Gasteiger partial charge on any atom is 0.261 e. The monoisotopic (exact) mass is 431 g/mol. The van der Waals surface area contributed by atoms with Gasteiger partial charge in [0.1, 0.15) is 5.57 Å².